The van der Waals surface area contributed by atoms with E-state index in [2.05, 4.69) is 20.8 Å². The van der Waals surface area contributed by atoms with Crippen molar-refractivity contribution in [3.8, 4) is 0 Å². The third-order valence-electron chi connectivity index (χ3n) is 10.1. The Bertz CT molecular complexity index is 956. The van der Waals surface area contributed by atoms with Gasteiger partial charge in [-0.15, -0.1) is 0 Å². The van der Waals surface area contributed by atoms with Crippen LogP contribution in [0.3, 0.4) is 0 Å². The minimum Gasteiger partial charge on any atom is -0.458 e. The van der Waals surface area contributed by atoms with E-state index < -0.39 is 19.5 Å². The molecule has 0 amide bonds. The van der Waals surface area contributed by atoms with E-state index in [0.29, 0.717) is 19.3 Å². The van der Waals surface area contributed by atoms with Crippen LogP contribution < -0.4 is 0 Å². The average molecular weight is 463 g/mol. The number of esters is 1. The van der Waals surface area contributed by atoms with E-state index in [4.69, 9.17) is 23.7 Å². The van der Waals surface area contributed by atoms with Crippen LogP contribution in [0.5, 0.6) is 0 Å². The van der Waals surface area contributed by atoms with Crippen molar-refractivity contribution < 1.29 is 33.3 Å². The van der Waals surface area contributed by atoms with Gasteiger partial charge in [-0.1, -0.05) is 20.8 Å². The molecule has 0 radical (unpaired) electrons. The molecule has 1 N–H and O–H groups in total. The molecule has 7 rings (SSSR count). The largest absolute Gasteiger partial charge is 0.458 e. The molecule has 4 aliphatic heterocycles. The summed E-state index contributed by atoms with van der Waals surface area (Å²) >= 11 is 0. The molecule has 3 saturated heterocycles. The van der Waals surface area contributed by atoms with Gasteiger partial charge in [-0.3, -0.25) is 0 Å². The number of ether oxygens (including phenoxy) is 5. The molecule has 4 heterocycles. The lowest BCUT2D eigenvalue weighted by molar-refractivity contribution is -0.136. The highest BCUT2D eigenvalue weighted by atomic mass is 28.4. The van der Waals surface area contributed by atoms with E-state index in [1.807, 2.05) is 13.1 Å². The number of hydrogen-bond donors (Lipinski definition) is 1. The molecule has 2 spiro atoms. The van der Waals surface area contributed by atoms with E-state index in [0.717, 1.165) is 24.8 Å². The molecule has 0 aromatic rings. The van der Waals surface area contributed by atoms with Gasteiger partial charge in [0.15, 0.2) is 13.9 Å². The van der Waals surface area contributed by atoms with Crippen molar-refractivity contribution in [3.63, 3.8) is 0 Å². The summed E-state index contributed by atoms with van der Waals surface area (Å²) < 4.78 is 32.1. The average Bonchev–Trinajstić information content (AvgIpc) is 3.59. The van der Waals surface area contributed by atoms with Crippen molar-refractivity contribution in [2.24, 2.45) is 17.3 Å². The molecule has 7 aliphatic rings. The quantitative estimate of drug-likeness (QED) is 0.381. The summed E-state index contributed by atoms with van der Waals surface area (Å²) in [5.74, 6) is 0.384. The Hall–Kier alpha value is -0.773. The first-order valence-corrected chi connectivity index (χ1v) is 15.4. The van der Waals surface area contributed by atoms with Crippen LogP contribution in [0, 0.1) is 17.3 Å². The van der Waals surface area contributed by atoms with Crippen LogP contribution in [0.1, 0.15) is 40.0 Å². The molecule has 0 aromatic carbocycles. The molecule has 0 unspecified atom stereocenters. The second kappa shape index (κ2) is 5.71. The third kappa shape index (κ3) is 2.06. The molecule has 3 aliphatic carbocycles. The summed E-state index contributed by atoms with van der Waals surface area (Å²) in [5.41, 5.74) is 0.623. The van der Waals surface area contributed by atoms with Gasteiger partial charge in [-0.25, -0.2) is 4.79 Å². The summed E-state index contributed by atoms with van der Waals surface area (Å²) in [4.78, 5) is 22.7. The molecule has 8 heteroatoms. The van der Waals surface area contributed by atoms with Crippen LogP contribution >= 0.6 is 0 Å². The minimum absolute atomic E-state index is 0.0198. The van der Waals surface area contributed by atoms with Crippen LogP contribution in [0.2, 0.25) is 19.1 Å². The van der Waals surface area contributed by atoms with Crippen molar-refractivity contribution >= 4 is 14.3 Å². The van der Waals surface area contributed by atoms with Gasteiger partial charge in [0.1, 0.15) is 36.1 Å². The maximum absolute atomic E-state index is 12.3. The molecular weight excluding hydrogens is 428 g/mol. The number of carbonyl (C=O) groups is 1. The number of hydrogen-bond acceptors (Lipinski definition) is 7. The van der Waals surface area contributed by atoms with E-state index in [1.165, 1.54) is 5.57 Å². The maximum Gasteiger partial charge on any atom is 0.334 e. The highest BCUT2D eigenvalue weighted by Gasteiger charge is 3.00. The Morgan fingerprint density at radius 2 is 2.00 bits per heavy atom. The highest BCUT2D eigenvalue weighted by molar-refractivity contribution is 6.69. The third-order valence-corrected chi connectivity index (χ3v) is 11.5. The Kier molecular flexibility index (Phi) is 3.68. The molecule has 2 saturated carbocycles. The van der Waals surface area contributed by atoms with E-state index >= 15 is 0 Å². The highest BCUT2D eigenvalue weighted by Crippen LogP contribution is 2.83. The predicted molar refractivity (Wildman–Crippen MR) is 115 cm³/mol. The van der Waals surface area contributed by atoms with Crippen LogP contribution in [-0.2, 0) is 28.5 Å². The molecule has 0 aromatic heterocycles. The Balaban J connectivity index is 1.29. The van der Waals surface area contributed by atoms with Gasteiger partial charge >= 0.3 is 5.97 Å². The first-order chi connectivity index (χ1) is 15.0. The molecule has 0 bridgehead atoms. The smallest absolute Gasteiger partial charge is 0.334 e. The zero-order valence-corrected chi connectivity index (χ0v) is 20.6. The number of carbonyl (C=O) groups excluding carboxylic acids is 1. The van der Waals surface area contributed by atoms with E-state index in [9.17, 15) is 9.59 Å². The second-order valence-electron chi connectivity index (χ2n) is 12.3. The van der Waals surface area contributed by atoms with Gasteiger partial charge in [0.25, 0.3) is 0 Å². The standard InChI is InChI=1S/C24H34O7Si/c1-12(2)22-17(30-22)18-24(31-18)21(3)7-6-13-14(11-28-19(13)25)15(21)10-16-23(24,29-16)20(22)27-8-9-32(4,5)26/h12,15-18,20,26H,6-11H2,1-5H3/t15-,16-,17-,18-,20+,21-,22-,23+,24+/m0/s1. The number of fused-ring (bicyclic) bond motifs is 4. The van der Waals surface area contributed by atoms with Crippen LogP contribution in [0.25, 0.3) is 0 Å². The van der Waals surface area contributed by atoms with Gasteiger partial charge in [0, 0.05) is 17.6 Å². The first kappa shape index (κ1) is 20.6. The molecule has 176 valence electrons. The lowest BCUT2D eigenvalue weighted by Gasteiger charge is -2.54. The van der Waals surface area contributed by atoms with Crippen LogP contribution in [0.4, 0.5) is 0 Å². The van der Waals surface area contributed by atoms with Gasteiger partial charge in [-0.05, 0) is 55.8 Å². The Morgan fingerprint density at radius 1 is 1.22 bits per heavy atom. The van der Waals surface area contributed by atoms with Crippen molar-refractivity contribution in [2.75, 3.05) is 13.2 Å². The van der Waals surface area contributed by atoms with Crippen LogP contribution in [-0.4, -0.2) is 73.5 Å². The van der Waals surface area contributed by atoms with Crippen LogP contribution in [0.15, 0.2) is 11.1 Å². The summed E-state index contributed by atoms with van der Waals surface area (Å²) in [6, 6.07) is 0.690. The Labute approximate surface area is 189 Å². The number of epoxide rings is 3. The maximum atomic E-state index is 12.3. The topological polar surface area (TPSA) is 93.4 Å². The summed E-state index contributed by atoms with van der Waals surface area (Å²) in [7, 11) is -2.22. The van der Waals surface area contributed by atoms with Crippen molar-refractivity contribution in [3.05, 3.63) is 11.1 Å². The second-order valence-corrected chi connectivity index (χ2v) is 16.4. The SMILES string of the molecule is CC(C)[C@]12O[C@H]1[C@@H]1O[C@]13[C@]1(O[C@H]1C[C@H]1C4=C(CC[C@@]13C)C(=O)OC4)[C@@H]2OCC[Si](C)(C)O. The molecule has 5 fully saturated rings. The number of cyclic esters (lactones) is 1. The van der Waals surface area contributed by atoms with Gasteiger partial charge < -0.3 is 28.5 Å². The first-order valence-electron chi connectivity index (χ1n) is 12.3. The summed E-state index contributed by atoms with van der Waals surface area (Å²) in [5, 5.41) is 0. The normalized spacial score (nSPS) is 54.1. The fraction of sp³-hybridized carbons (Fsp3) is 0.875. The van der Waals surface area contributed by atoms with Gasteiger partial charge in [0.2, 0.25) is 0 Å². The van der Waals surface area contributed by atoms with Gasteiger partial charge in [0.05, 0.1) is 6.10 Å². The zero-order chi connectivity index (χ0) is 22.5. The minimum atomic E-state index is -2.22. The molecular formula is C24H34O7Si. The van der Waals surface area contributed by atoms with Crippen molar-refractivity contribution in [2.45, 2.75) is 100 Å². The van der Waals surface area contributed by atoms with Crippen molar-refractivity contribution in [1.29, 1.82) is 0 Å². The lowest BCUT2D eigenvalue weighted by atomic mass is 9.46. The predicted octanol–water partition coefficient (Wildman–Crippen LogP) is 2.32. The lowest BCUT2D eigenvalue weighted by Crippen LogP contribution is -2.69. The molecule has 32 heavy (non-hydrogen) atoms. The Morgan fingerprint density at radius 3 is 2.72 bits per heavy atom. The van der Waals surface area contributed by atoms with Crippen molar-refractivity contribution in [1.82, 2.24) is 0 Å². The number of rotatable bonds is 5. The molecule has 7 nitrogen and oxygen atoms in total. The fourth-order valence-electron chi connectivity index (χ4n) is 8.34. The summed E-state index contributed by atoms with van der Waals surface area (Å²) in [6.45, 7) is 11.6. The van der Waals surface area contributed by atoms with E-state index in [1.54, 1.807) is 0 Å². The molecule has 9 atom stereocenters. The monoisotopic (exact) mass is 462 g/mol. The fourth-order valence-corrected chi connectivity index (χ4v) is 8.96. The van der Waals surface area contributed by atoms with Gasteiger partial charge in [-0.2, -0.15) is 0 Å². The van der Waals surface area contributed by atoms with E-state index in [-0.39, 0.29) is 53.2 Å². The zero-order valence-electron chi connectivity index (χ0n) is 19.6. The summed E-state index contributed by atoms with van der Waals surface area (Å²) in [6.07, 6.45) is 2.40.